The normalized spacial score (nSPS) is 16.3. The fraction of sp³-hybridized carbons (Fsp3) is 0.857. The van der Waals surface area contributed by atoms with Crippen molar-refractivity contribution in [3.8, 4) is 0 Å². The fourth-order valence-corrected chi connectivity index (χ4v) is 0.910. The summed E-state index contributed by atoms with van der Waals surface area (Å²) >= 11 is 0. The molecular formula is C7H15NO2. The molecule has 0 radical (unpaired) electrons. The fourth-order valence-electron chi connectivity index (χ4n) is 0.910. The van der Waals surface area contributed by atoms with Crippen LogP contribution < -0.4 is 5.73 Å². The number of nitrogens with two attached hydrogens (primary N) is 1. The summed E-state index contributed by atoms with van der Waals surface area (Å²) in [4.78, 5) is 10.1. The minimum absolute atomic E-state index is 0.0532. The largest absolute Gasteiger partial charge is 0.385 e. The maximum atomic E-state index is 10.1. The minimum atomic E-state index is -0.870. The van der Waals surface area contributed by atoms with E-state index in [1.807, 2.05) is 6.92 Å². The molecule has 0 fully saturated rings. The van der Waals surface area contributed by atoms with Crippen LogP contribution in [0.4, 0.5) is 0 Å². The molecule has 3 nitrogen and oxygen atoms in total. The maximum absolute atomic E-state index is 10.1. The molecule has 2 atom stereocenters. The summed E-state index contributed by atoms with van der Waals surface area (Å²) in [5.74, 6) is -0.0532. The van der Waals surface area contributed by atoms with Crippen molar-refractivity contribution < 1.29 is 9.90 Å². The van der Waals surface area contributed by atoms with Gasteiger partial charge in [-0.2, -0.15) is 0 Å². The first-order valence-electron chi connectivity index (χ1n) is 3.59. The van der Waals surface area contributed by atoms with Gasteiger partial charge in [0.1, 0.15) is 12.4 Å². The monoisotopic (exact) mass is 145 g/mol. The van der Waals surface area contributed by atoms with Crippen molar-refractivity contribution in [3.63, 3.8) is 0 Å². The molecule has 0 saturated heterocycles. The summed E-state index contributed by atoms with van der Waals surface area (Å²) in [6, 6.07) is 0. The van der Waals surface area contributed by atoms with Gasteiger partial charge in [-0.05, 0) is 13.0 Å². The lowest BCUT2D eigenvalue weighted by Crippen LogP contribution is -2.28. The third kappa shape index (κ3) is 2.94. The number of hydrogen-bond donors (Lipinski definition) is 2. The van der Waals surface area contributed by atoms with Gasteiger partial charge in [0, 0.05) is 5.92 Å². The molecule has 0 aliphatic carbocycles. The zero-order valence-electron chi connectivity index (χ0n) is 6.29. The van der Waals surface area contributed by atoms with Gasteiger partial charge in [0.05, 0.1) is 0 Å². The highest BCUT2D eigenvalue weighted by atomic mass is 16.3. The van der Waals surface area contributed by atoms with Gasteiger partial charge in [-0.25, -0.2) is 0 Å². The number of aliphatic hydroxyl groups is 1. The molecule has 0 heterocycles. The molecular weight excluding hydrogens is 130 g/mol. The van der Waals surface area contributed by atoms with Crippen molar-refractivity contribution in [2.24, 2.45) is 11.7 Å². The van der Waals surface area contributed by atoms with Crippen molar-refractivity contribution in [2.75, 3.05) is 6.54 Å². The zero-order valence-corrected chi connectivity index (χ0v) is 6.29. The molecule has 2 unspecified atom stereocenters. The summed E-state index contributed by atoms with van der Waals surface area (Å²) in [6.45, 7) is 2.38. The third-order valence-electron chi connectivity index (χ3n) is 1.58. The Morgan fingerprint density at radius 1 is 1.70 bits per heavy atom. The highest BCUT2D eigenvalue weighted by Crippen LogP contribution is 2.07. The molecule has 3 heteroatoms. The smallest absolute Gasteiger partial charge is 0.148 e. The van der Waals surface area contributed by atoms with Gasteiger partial charge in [0.25, 0.3) is 0 Å². The van der Waals surface area contributed by atoms with Crippen LogP contribution in [0.3, 0.4) is 0 Å². The summed E-state index contributed by atoms with van der Waals surface area (Å²) in [6.07, 6.45) is 1.45. The van der Waals surface area contributed by atoms with E-state index in [9.17, 15) is 4.79 Å². The second kappa shape index (κ2) is 5.38. The van der Waals surface area contributed by atoms with Crippen LogP contribution in [0, 0.1) is 5.92 Å². The van der Waals surface area contributed by atoms with Gasteiger partial charge in [0.2, 0.25) is 0 Å². The molecule has 0 aromatic rings. The molecule has 0 saturated carbocycles. The van der Waals surface area contributed by atoms with Gasteiger partial charge < -0.3 is 15.6 Å². The Hall–Kier alpha value is -0.410. The van der Waals surface area contributed by atoms with E-state index in [0.717, 1.165) is 12.8 Å². The van der Waals surface area contributed by atoms with E-state index in [1.165, 1.54) is 0 Å². The quantitative estimate of drug-likeness (QED) is 0.532. The van der Waals surface area contributed by atoms with Gasteiger partial charge in [-0.3, -0.25) is 0 Å². The molecule has 0 amide bonds. The molecule has 0 bridgehead atoms. The second-order valence-corrected chi connectivity index (χ2v) is 2.41. The number of carbonyl (C=O) groups is 1. The Morgan fingerprint density at radius 3 is 2.60 bits per heavy atom. The van der Waals surface area contributed by atoms with E-state index in [0.29, 0.717) is 12.8 Å². The predicted octanol–water partition coefficient (Wildman–Crippen LogP) is -0.0788. The van der Waals surface area contributed by atoms with Gasteiger partial charge in [0.15, 0.2) is 0 Å². The first-order chi connectivity index (χ1) is 4.76. The SMILES string of the molecule is CCCC(CN)C(O)C=O. The van der Waals surface area contributed by atoms with Crippen LogP contribution in [0.2, 0.25) is 0 Å². The Kier molecular flexibility index (Phi) is 5.16. The second-order valence-electron chi connectivity index (χ2n) is 2.41. The van der Waals surface area contributed by atoms with E-state index in [-0.39, 0.29) is 5.92 Å². The van der Waals surface area contributed by atoms with Crippen molar-refractivity contribution >= 4 is 6.29 Å². The summed E-state index contributed by atoms with van der Waals surface area (Å²) in [7, 11) is 0. The molecule has 0 aromatic carbocycles. The Morgan fingerprint density at radius 2 is 2.30 bits per heavy atom. The van der Waals surface area contributed by atoms with Crippen molar-refractivity contribution in [2.45, 2.75) is 25.9 Å². The predicted molar refractivity (Wildman–Crippen MR) is 39.5 cm³/mol. The van der Waals surface area contributed by atoms with E-state index >= 15 is 0 Å². The first-order valence-corrected chi connectivity index (χ1v) is 3.59. The highest BCUT2D eigenvalue weighted by molar-refractivity contribution is 5.56. The van der Waals surface area contributed by atoms with Gasteiger partial charge in [-0.1, -0.05) is 13.3 Å². The van der Waals surface area contributed by atoms with Crippen molar-refractivity contribution in [1.82, 2.24) is 0 Å². The number of carbonyl (C=O) groups excluding carboxylic acids is 1. The molecule has 0 rings (SSSR count). The molecule has 3 N–H and O–H groups in total. The van der Waals surface area contributed by atoms with Crippen LogP contribution in [0.5, 0.6) is 0 Å². The van der Waals surface area contributed by atoms with E-state index in [2.05, 4.69) is 0 Å². The summed E-state index contributed by atoms with van der Waals surface area (Å²) in [5.41, 5.74) is 5.32. The van der Waals surface area contributed by atoms with E-state index in [1.54, 1.807) is 0 Å². The molecule has 0 aliphatic heterocycles. The molecule has 60 valence electrons. The van der Waals surface area contributed by atoms with E-state index in [4.69, 9.17) is 10.8 Å². The average molecular weight is 145 g/mol. The van der Waals surface area contributed by atoms with Crippen LogP contribution in [-0.2, 0) is 4.79 Å². The lowest BCUT2D eigenvalue weighted by Gasteiger charge is -2.14. The number of aldehydes is 1. The zero-order chi connectivity index (χ0) is 7.98. The lowest BCUT2D eigenvalue weighted by molar-refractivity contribution is -0.117. The Balaban J connectivity index is 3.67. The minimum Gasteiger partial charge on any atom is -0.385 e. The molecule has 0 aliphatic rings. The third-order valence-corrected chi connectivity index (χ3v) is 1.58. The summed E-state index contributed by atoms with van der Waals surface area (Å²) < 4.78 is 0. The Labute approximate surface area is 61.2 Å². The van der Waals surface area contributed by atoms with Crippen molar-refractivity contribution in [1.29, 1.82) is 0 Å². The molecule has 0 spiro atoms. The molecule has 10 heavy (non-hydrogen) atoms. The Bertz CT molecular complexity index is 95.6. The lowest BCUT2D eigenvalue weighted by atomic mass is 9.98. The number of rotatable bonds is 5. The van der Waals surface area contributed by atoms with Crippen molar-refractivity contribution in [3.05, 3.63) is 0 Å². The summed E-state index contributed by atoms with van der Waals surface area (Å²) in [5, 5.41) is 9.00. The number of hydrogen-bond acceptors (Lipinski definition) is 3. The van der Waals surface area contributed by atoms with E-state index < -0.39 is 6.10 Å². The average Bonchev–Trinajstić information content (AvgIpc) is 1.99. The van der Waals surface area contributed by atoms with Crippen LogP contribution in [0.1, 0.15) is 19.8 Å². The maximum Gasteiger partial charge on any atom is 0.148 e. The van der Waals surface area contributed by atoms with Crippen LogP contribution in [0.25, 0.3) is 0 Å². The number of aliphatic hydroxyl groups excluding tert-OH is 1. The van der Waals surface area contributed by atoms with Crippen LogP contribution >= 0.6 is 0 Å². The van der Waals surface area contributed by atoms with Gasteiger partial charge in [-0.15, -0.1) is 0 Å². The van der Waals surface area contributed by atoms with Gasteiger partial charge >= 0.3 is 0 Å². The molecule has 0 aromatic heterocycles. The first kappa shape index (κ1) is 9.59. The topological polar surface area (TPSA) is 63.3 Å². The van der Waals surface area contributed by atoms with Crippen LogP contribution in [0.15, 0.2) is 0 Å². The van der Waals surface area contributed by atoms with Crippen LogP contribution in [-0.4, -0.2) is 24.0 Å². The standard InChI is InChI=1S/C7H15NO2/c1-2-3-6(4-8)7(10)5-9/h5-7,10H,2-4,8H2,1H3. The highest BCUT2D eigenvalue weighted by Gasteiger charge is 2.14.